The standard InChI is InChI=1S/C32H47NO5/c1-27(2)12-14-32(26(36)37-9)15-13-31(7)25(19(32)17-27)38-23(34)16-22-29(5)18-20(33-8)24(35)28(3,4)21(29)10-11-30(22,31)6/h18-19,21-23,25,34H,10-17H2,1-7,9H3/t19-,21-,22+,23?,25+,29-,30+,31+,32-/m0/s1. The molecular weight excluding hydrogens is 478 g/mol. The summed E-state index contributed by atoms with van der Waals surface area (Å²) in [4.78, 5) is 30.4. The summed E-state index contributed by atoms with van der Waals surface area (Å²) < 4.78 is 12.1. The third kappa shape index (κ3) is 3.43. The fourth-order valence-corrected chi connectivity index (χ4v) is 10.6. The fraction of sp³-hybridized carbons (Fsp3) is 0.844. The predicted molar refractivity (Wildman–Crippen MR) is 144 cm³/mol. The lowest BCUT2D eigenvalue weighted by molar-refractivity contribution is -0.247. The Morgan fingerprint density at radius 3 is 2.32 bits per heavy atom. The van der Waals surface area contributed by atoms with E-state index in [9.17, 15) is 14.7 Å². The lowest BCUT2D eigenvalue weighted by Crippen LogP contribution is -2.66. The summed E-state index contributed by atoms with van der Waals surface area (Å²) in [6.07, 6.45) is 7.21. The highest BCUT2D eigenvalue weighted by Crippen LogP contribution is 2.73. The Morgan fingerprint density at radius 2 is 1.68 bits per heavy atom. The number of Topliss-reactive ketones (excluding diaryl/α,β-unsaturated/α-hetero) is 1. The van der Waals surface area contributed by atoms with Crippen LogP contribution >= 0.6 is 0 Å². The van der Waals surface area contributed by atoms with Gasteiger partial charge in [-0.25, -0.2) is 4.85 Å². The van der Waals surface area contributed by atoms with Gasteiger partial charge in [-0.15, -0.1) is 0 Å². The van der Waals surface area contributed by atoms with Crippen molar-refractivity contribution in [3.05, 3.63) is 23.2 Å². The van der Waals surface area contributed by atoms with E-state index in [-0.39, 0.29) is 57.6 Å². The molecule has 0 aromatic rings. The molecule has 4 aliphatic carbocycles. The zero-order chi connectivity index (χ0) is 28.1. The number of aliphatic hydroxyl groups excluding tert-OH is 1. The number of esters is 1. The lowest BCUT2D eigenvalue weighted by atomic mass is 9.36. The Balaban J connectivity index is 1.66. The molecule has 38 heavy (non-hydrogen) atoms. The molecule has 1 N–H and O–H groups in total. The molecule has 1 aliphatic heterocycles. The van der Waals surface area contributed by atoms with E-state index >= 15 is 0 Å². The molecule has 0 bridgehead atoms. The van der Waals surface area contributed by atoms with Crippen LogP contribution in [0.15, 0.2) is 11.8 Å². The van der Waals surface area contributed by atoms with Gasteiger partial charge in [0, 0.05) is 17.8 Å². The minimum Gasteiger partial charge on any atom is -0.469 e. The Hall–Kier alpha value is -1.71. The first-order valence-electron chi connectivity index (χ1n) is 14.6. The number of hydrogen-bond acceptors (Lipinski definition) is 5. The molecule has 0 radical (unpaired) electrons. The van der Waals surface area contributed by atoms with Gasteiger partial charge in [0.25, 0.3) is 0 Å². The molecule has 0 spiro atoms. The van der Waals surface area contributed by atoms with Crippen LogP contribution in [0.4, 0.5) is 0 Å². The van der Waals surface area contributed by atoms with E-state index in [0.717, 1.165) is 44.9 Å². The quantitative estimate of drug-likeness (QED) is 0.320. The first-order chi connectivity index (χ1) is 17.5. The Labute approximate surface area is 228 Å². The first-order valence-corrected chi connectivity index (χ1v) is 14.6. The molecule has 1 saturated heterocycles. The maximum atomic E-state index is 13.4. The number of aliphatic hydroxyl groups is 1. The average molecular weight is 526 g/mol. The summed E-state index contributed by atoms with van der Waals surface area (Å²) in [6.45, 7) is 23.3. The molecule has 0 aromatic heterocycles. The molecule has 0 aromatic carbocycles. The van der Waals surface area contributed by atoms with Crippen LogP contribution in [0.3, 0.4) is 0 Å². The SMILES string of the molecule is [C-]#[N+]C1=C[C@]2(C)[C@H]3CC(O)O[C@@H]4[C@@H]5CC(C)(C)CC[C@]5(C(=O)OC)CC[C@@]4(C)[C@]3(C)CC[C@H]2C(C)(C)C1=O. The summed E-state index contributed by atoms with van der Waals surface area (Å²) in [7, 11) is 1.50. The van der Waals surface area contributed by atoms with E-state index in [0.29, 0.717) is 6.42 Å². The molecule has 4 fully saturated rings. The number of rotatable bonds is 1. The monoisotopic (exact) mass is 525 g/mol. The van der Waals surface area contributed by atoms with Crippen LogP contribution in [-0.2, 0) is 19.1 Å². The Kier molecular flexibility index (Phi) is 6.15. The van der Waals surface area contributed by atoms with E-state index in [1.54, 1.807) is 0 Å². The number of methoxy groups -OCH3 is 1. The molecule has 1 unspecified atom stereocenters. The van der Waals surface area contributed by atoms with Gasteiger partial charge < -0.3 is 19.4 Å². The number of allylic oxidation sites excluding steroid dienone is 2. The molecular formula is C32H47NO5. The summed E-state index contributed by atoms with van der Waals surface area (Å²) in [5.74, 6) is -0.100. The molecule has 9 atom stereocenters. The van der Waals surface area contributed by atoms with Crippen molar-refractivity contribution in [1.82, 2.24) is 0 Å². The third-order valence-electron chi connectivity index (χ3n) is 12.9. The predicted octanol–water partition coefficient (Wildman–Crippen LogP) is 6.33. The maximum absolute atomic E-state index is 13.4. The van der Waals surface area contributed by atoms with Gasteiger partial charge in [-0.05, 0) is 78.4 Å². The van der Waals surface area contributed by atoms with E-state index < -0.39 is 22.5 Å². The van der Waals surface area contributed by atoms with Gasteiger partial charge in [-0.1, -0.05) is 54.5 Å². The number of nitrogens with zero attached hydrogens (tertiary/aromatic N) is 1. The topological polar surface area (TPSA) is 77.2 Å². The zero-order valence-corrected chi connectivity index (χ0v) is 24.6. The van der Waals surface area contributed by atoms with Crippen LogP contribution in [0, 0.1) is 56.8 Å². The van der Waals surface area contributed by atoms with Crippen LogP contribution in [0.2, 0.25) is 0 Å². The van der Waals surface area contributed by atoms with Crippen molar-refractivity contribution in [2.24, 2.45) is 50.2 Å². The molecule has 0 amide bonds. The van der Waals surface area contributed by atoms with Gasteiger partial charge in [-0.2, -0.15) is 0 Å². The van der Waals surface area contributed by atoms with Gasteiger partial charge in [0.2, 0.25) is 5.70 Å². The van der Waals surface area contributed by atoms with Crippen molar-refractivity contribution in [2.75, 3.05) is 7.11 Å². The van der Waals surface area contributed by atoms with Crippen LogP contribution in [0.1, 0.15) is 99.8 Å². The van der Waals surface area contributed by atoms with Gasteiger partial charge in [0.1, 0.15) is 0 Å². The highest BCUT2D eigenvalue weighted by Gasteiger charge is 2.71. The van der Waals surface area contributed by atoms with Gasteiger partial charge in [0.05, 0.1) is 25.2 Å². The van der Waals surface area contributed by atoms with Crippen LogP contribution < -0.4 is 0 Å². The van der Waals surface area contributed by atoms with Crippen molar-refractivity contribution in [2.45, 2.75) is 112 Å². The zero-order valence-electron chi connectivity index (χ0n) is 24.6. The lowest BCUT2D eigenvalue weighted by Gasteiger charge is -2.67. The highest BCUT2D eigenvalue weighted by molar-refractivity contribution is 6.02. The second kappa shape index (κ2) is 8.40. The molecule has 5 rings (SSSR count). The first kappa shape index (κ1) is 27.8. The van der Waals surface area contributed by atoms with Crippen LogP contribution in [-0.4, -0.2) is 36.4 Å². The van der Waals surface area contributed by atoms with E-state index in [1.165, 1.54) is 7.11 Å². The molecule has 5 aliphatic rings. The van der Waals surface area contributed by atoms with E-state index in [4.69, 9.17) is 16.0 Å². The Morgan fingerprint density at radius 1 is 1.03 bits per heavy atom. The highest BCUT2D eigenvalue weighted by atomic mass is 16.6. The minimum absolute atomic E-state index is 0.0325. The van der Waals surface area contributed by atoms with E-state index in [2.05, 4.69) is 39.5 Å². The van der Waals surface area contributed by atoms with Crippen molar-refractivity contribution in [3.8, 4) is 0 Å². The number of carbonyl (C=O) groups excluding carboxylic acids is 2. The second-order valence-electron chi connectivity index (χ2n) is 15.4. The summed E-state index contributed by atoms with van der Waals surface area (Å²) in [5, 5.41) is 11.5. The van der Waals surface area contributed by atoms with Gasteiger partial charge in [-0.3, -0.25) is 4.79 Å². The van der Waals surface area contributed by atoms with Crippen LogP contribution in [0.25, 0.3) is 4.85 Å². The fourth-order valence-electron chi connectivity index (χ4n) is 10.6. The Bertz CT molecular complexity index is 1120. The number of fused-ring (bicyclic) bond motifs is 7. The maximum Gasteiger partial charge on any atom is 0.312 e. The van der Waals surface area contributed by atoms with Gasteiger partial charge in [0.15, 0.2) is 12.1 Å². The molecule has 6 heteroatoms. The number of hydrogen-bond donors (Lipinski definition) is 1. The molecule has 6 nitrogen and oxygen atoms in total. The number of ketones is 1. The summed E-state index contributed by atoms with van der Waals surface area (Å²) >= 11 is 0. The molecule has 1 heterocycles. The summed E-state index contributed by atoms with van der Waals surface area (Å²) in [6, 6.07) is 0. The molecule has 210 valence electrons. The number of ether oxygens (including phenoxy) is 2. The van der Waals surface area contributed by atoms with Crippen molar-refractivity contribution in [3.63, 3.8) is 0 Å². The largest absolute Gasteiger partial charge is 0.469 e. The van der Waals surface area contributed by atoms with E-state index in [1.807, 2.05) is 19.9 Å². The van der Waals surface area contributed by atoms with Crippen molar-refractivity contribution >= 4 is 11.8 Å². The van der Waals surface area contributed by atoms with Crippen molar-refractivity contribution < 1.29 is 24.2 Å². The van der Waals surface area contributed by atoms with Gasteiger partial charge >= 0.3 is 5.97 Å². The third-order valence-corrected chi connectivity index (χ3v) is 12.9. The minimum atomic E-state index is -0.967. The van der Waals surface area contributed by atoms with Crippen molar-refractivity contribution in [1.29, 1.82) is 0 Å². The second-order valence-corrected chi connectivity index (χ2v) is 15.4. The number of carbonyl (C=O) groups is 2. The smallest absolute Gasteiger partial charge is 0.312 e. The summed E-state index contributed by atoms with van der Waals surface area (Å²) in [5.41, 5.74) is -1.81. The molecule has 3 saturated carbocycles. The average Bonchev–Trinajstić information content (AvgIpc) is 2.93. The van der Waals surface area contributed by atoms with Crippen LogP contribution in [0.5, 0.6) is 0 Å². The normalized spacial score (nSPS) is 49.1.